The van der Waals surface area contributed by atoms with E-state index in [0.717, 1.165) is 22.6 Å². The zero-order valence-electron chi connectivity index (χ0n) is 9.74. The number of aryl methyl sites for hydroxylation is 3. The molecule has 0 aliphatic heterocycles. The van der Waals surface area contributed by atoms with E-state index in [1.54, 1.807) is 4.68 Å². The van der Waals surface area contributed by atoms with E-state index in [-0.39, 0.29) is 0 Å². The Kier molecular flexibility index (Phi) is 2.68. The third-order valence-corrected chi connectivity index (χ3v) is 2.89. The average molecular weight is 237 g/mol. The highest BCUT2D eigenvalue weighted by atomic mass is 35.5. The predicted octanol–water partition coefficient (Wildman–Crippen LogP) is 2.55. The molecule has 0 radical (unpaired) electrons. The van der Waals surface area contributed by atoms with Crippen molar-refractivity contribution in [1.82, 2.24) is 19.7 Å². The maximum absolute atomic E-state index is 6.04. The standard InChI is InChI=1S/C11H13ClN4/c1-6-5-7(2)16(15-6)11-13-9(4)8(3)10(12)14-11/h5H,1-4H3. The predicted molar refractivity (Wildman–Crippen MR) is 63.1 cm³/mol. The van der Waals surface area contributed by atoms with E-state index in [2.05, 4.69) is 15.1 Å². The van der Waals surface area contributed by atoms with Crippen molar-refractivity contribution in [2.45, 2.75) is 27.7 Å². The molecule has 4 nitrogen and oxygen atoms in total. The molecule has 84 valence electrons. The van der Waals surface area contributed by atoms with Crippen LogP contribution in [0.1, 0.15) is 22.6 Å². The second-order valence-corrected chi connectivity index (χ2v) is 4.22. The maximum Gasteiger partial charge on any atom is 0.252 e. The van der Waals surface area contributed by atoms with E-state index in [1.807, 2.05) is 33.8 Å². The molecule has 2 rings (SSSR count). The molecule has 5 heteroatoms. The number of nitrogens with zero attached hydrogens (tertiary/aromatic N) is 4. The van der Waals surface area contributed by atoms with Crippen molar-refractivity contribution >= 4 is 11.6 Å². The van der Waals surface area contributed by atoms with Gasteiger partial charge in [0, 0.05) is 17.0 Å². The van der Waals surface area contributed by atoms with Gasteiger partial charge >= 0.3 is 0 Å². The molecular formula is C11H13ClN4. The summed E-state index contributed by atoms with van der Waals surface area (Å²) < 4.78 is 1.70. The Labute approximate surface area is 99.3 Å². The monoisotopic (exact) mass is 236 g/mol. The van der Waals surface area contributed by atoms with Gasteiger partial charge in [0.1, 0.15) is 5.15 Å². The van der Waals surface area contributed by atoms with Crippen molar-refractivity contribution in [3.63, 3.8) is 0 Å². The van der Waals surface area contributed by atoms with E-state index in [9.17, 15) is 0 Å². The molecule has 16 heavy (non-hydrogen) atoms. The lowest BCUT2D eigenvalue weighted by molar-refractivity contribution is 0.766. The van der Waals surface area contributed by atoms with Crippen LogP contribution in [0.2, 0.25) is 5.15 Å². The molecule has 2 aromatic heterocycles. The molecule has 0 fully saturated rings. The lowest BCUT2D eigenvalue weighted by Crippen LogP contribution is -2.07. The van der Waals surface area contributed by atoms with Crippen LogP contribution in [-0.2, 0) is 0 Å². The summed E-state index contributed by atoms with van der Waals surface area (Å²) in [5.74, 6) is 0.527. The van der Waals surface area contributed by atoms with Gasteiger partial charge in [0.2, 0.25) is 0 Å². The molecular weight excluding hydrogens is 224 g/mol. The van der Waals surface area contributed by atoms with E-state index in [0.29, 0.717) is 11.1 Å². The van der Waals surface area contributed by atoms with Crippen molar-refractivity contribution < 1.29 is 0 Å². The summed E-state index contributed by atoms with van der Waals surface area (Å²) in [6, 6.07) is 1.98. The first-order valence-electron chi connectivity index (χ1n) is 5.03. The molecule has 0 aromatic carbocycles. The lowest BCUT2D eigenvalue weighted by atomic mass is 10.3. The number of rotatable bonds is 1. The van der Waals surface area contributed by atoms with Gasteiger partial charge in [0.25, 0.3) is 5.95 Å². The Bertz CT molecular complexity index is 522. The van der Waals surface area contributed by atoms with Crippen LogP contribution in [0.25, 0.3) is 5.95 Å². The first-order chi connectivity index (χ1) is 7.49. The van der Waals surface area contributed by atoms with Crippen LogP contribution in [-0.4, -0.2) is 19.7 Å². The summed E-state index contributed by atoms with van der Waals surface area (Å²) in [6.45, 7) is 7.72. The van der Waals surface area contributed by atoms with Crippen LogP contribution in [0, 0.1) is 27.7 Å². The smallest absolute Gasteiger partial charge is 0.216 e. The van der Waals surface area contributed by atoms with Crippen molar-refractivity contribution in [3.8, 4) is 5.95 Å². The van der Waals surface area contributed by atoms with E-state index in [1.165, 1.54) is 0 Å². The minimum Gasteiger partial charge on any atom is -0.216 e. The van der Waals surface area contributed by atoms with Gasteiger partial charge in [-0.3, -0.25) is 0 Å². The van der Waals surface area contributed by atoms with Crippen molar-refractivity contribution in [2.24, 2.45) is 0 Å². The zero-order chi connectivity index (χ0) is 11.9. The van der Waals surface area contributed by atoms with Crippen LogP contribution in [0.4, 0.5) is 0 Å². The zero-order valence-corrected chi connectivity index (χ0v) is 10.5. The van der Waals surface area contributed by atoms with Crippen molar-refractivity contribution in [1.29, 1.82) is 0 Å². The molecule has 0 bridgehead atoms. The summed E-state index contributed by atoms with van der Waals surface area (Å²) in [5.41, 5.74) is 3.72. The summed E-state index contributed by atoms with van der Waals surface area (Å²) in [7, 11) is 0. The second kappa shape index (κ2) is 3.87. The molecule has 0 N–H and O–H groups in total. The largest absolute Gasteiger partial charge is 0.252 e. The molecule has 0 atom stereocenters. The Balaban J connectivity index is 2.61. The van der Waals surface area contributed by atoms with Crippen molar-refractivity contribution in [3.05, 3.63) is 33.9 Å². The van der Waals surface area contributed by atoms with Crippen LogP contribution < -0.4 is 0 Å². The third-order valence-electron chi connectivity index (χ3n) is 2.52. The quantitative estimate of drug-likeness (QED) is 0.715. The fraction of sp³-hybridized carbons (Fsp3) is 0.364. The van der Waals surface area contributed by atoms with E-state index >= 15 is 0 Å². The van der Waals surface area contributed by atoms with Gasteiger partial charge < -0.3 is 0 Å². The molecule has 0 unspecified atom stereocenters. The van der Waals surface area contributed by atoms with Gasteiger partial charge in [-0.15, -0.1) is 0 Å². The average Bonchev–Trinajstić information content (AvgIpc) is 2.53. The van der Waals surface area contributed by atoms with Crippen LogP contribution in [0.15, 0.2) is 6.07 Å². The Hall–Kier alpha value is -1.42. The van der Waals surface area contributed by atoms with Crippen LogP contribution in [0.5, 0.6) is 0 Å². The summed E-state index contributed by atoms with van der Waals surface area (Å²) >= 11 is 6.04. The molecule has 2 aromatic rings. The molecule has 2 heterocycles. The van der Waals surface area contributed by atoms with Gasteiger partial charge in [0.05, 0.1) is 5.69 Å². The molecule has 0 saturated carbocycles. The number of aromatic nitrogens is 4. The molecule has 0 aliphatic carbocycles. The molecule has 0 aliphatic rings. The lowest BCUT2D eigenvalue weighted by Gasteiger charge is -2.06. The fourth-order valence-electron chi connectivity index (χ4n) is 1.51. The van der Waals surface area contributed by atoms with Crippen LogP contribution >= 0.6 is 11.6 Å². The summed E-state index contributed by atoms with van der Waals surface area (Å²) in [4.78, 5) is 8.62. The highest BCUT2D eigenvalue weighted by Gasteiger charge is 2.10. The van der Waals surface area contributed by atoms with Gasteiger partial charge in [-0.05, 0) is 33.8 Å². The molecule has 0 spiro atoms. The normalized spacial score (nSPS) is 10.8. The number of hydrogen-bond acceptors (Lipinski definition) is 3. The third kappa shape index (κ3) is 1.80. The first-order valence-corrected chi connectivity index (χ1v) is 5.41. The first kappa shape index (κ1) is 11.1. The Morgan fingerprint density at radius 2 is 1.81 bits per heavy atom. The minimum atomic E-state index is 0.482. The van der Waals surface area contributed by atoms with Crippen molar-refractivity contribution in [2.75, 3.05) is 0 Å². The van der Waals surface area contributed by atoms with Gasteiger partial charge in [0.15, 0.2) is 0 Å². The highest BCUT2D eigenvalue weighted by molar-refractivity contribution is 6.30. The van der Waals surface area contributed by atoms with Gasteiger partial charge in [-0.1, -0.05) is 11.6 Å². The van der Waals surface area contributed by atoms with E-state index in [4.69, 9.17) is 11.6 Å². The van der Waals surface area contributed by atoms with Gasteiger partial charge in [-0.2, -0.15) is 10.1 Å². The Morgan fingerprint density at radius 1 is 1.12 bits per heavy atom. The molecule has 0 amide bonds. The molecule has 0 saturated heterocycles. The minimum absolute atomic E-state index is 0.482. The fourth-order valence-corrected chi connectivity index (χ4v) is 1.72. The highest BCUT2D eigenvalue weighted by Crippen LogP contribution is 2.17. The summed E-state index contributed by atoms with van der Waals surface area (Å²) in [6.07, 6.45) is 0. The topological polar surface area (TPSA) is 43.6 Å². The summed E-state index contributed by atoms with van der Waals surface area (Å²) in [5, 5.41) is 4.81. The number of halogens is 1. The van der Waals surface area contributed by atoms with Gasteiger partial charge in [-0.25, -0.2) is 9.67 Å². The van der Waals surface area contributed by atoms with Crippen LogP contribution in [0.3, 0.4) is 0 Å². The second-order valence-electron chi connectivity index (χ2n) is 3.86. The maximum atomic E-state index is 6.04. The Morgan fingerprint density at radius 3 is 2.31 bits per heavy atom. The number of hydrogen-bond donors (Lipinski definition) is 0. The SMILES string of the molecule is Cc1cc(C)n(-c2nc(C)c(C)c(Cl)n2)n1. The van der Waals surface area contributed by atoms with E-state index < -0.39 is 0 Å².